The molecule has 0 saturated heterocycles. The molecule has 176 valence electrons. The number of allylic oxidation sites excluding steroid dienone is 1. The van der Waals surface area contributed by atoms with Gasteiger partial charge in [-0.05, 0) is 41.5 Å². The summed E-state index contributed by atoms with van der Waals surface area (Å²) in [6.07, 6.45) is 1.63. The largest absolute Gasteiger partial charge is 0.497 e. The van der Waals surface area contributed by atoms with Gasteiger partial charge in [0.15, 0.2) is 11.5 Å². The van der Waals surface area contributed by atoms with Crippen LogP contribution in [0, 0.1) is 21.4 Å². The monoisotopic (exact) mass is 490 g/mol. The van der Waals surface area contributed by atoms with Crippen molar-refractivity contribution in [3.63, 3.8) is 0 Å². The predicted molar refractivity (Wildman–Crippen MR) is 132 cm³/mol. The molecule has 35 heavy (non-hydrogen) atoms. The van der Waals surface area contributed by atoms with Gasteiger partial charge in [-0.3, -0.25) is 10.1 Å². The van der Waals surface area contributed by atoms with E-state index in [9.17, 15) is 15.4 Å². The first kappa shape index (κ1) is 23.6. The van der Waals surface area contributed by atoms with Crippen molar-refractivity contribution < 1.29 is 19.1 Å². The van der Waals surface area contributed by atoms with Crippen LogP contribution in [-0.2, 0) is 6.61 Å². The van der Waals surface area contributed by atoms with Gasteiger partial charge in [-0.25, -0.2) is 4.98 Å². The van der Waals surface area contributed by atoms with Gasteiger partial charge in [0.25, 0.3) is 5.69 Å². The third kappa shape index (κ3) is 5.18. The molecule has 0 saturated carbocycles. The van der Waals surface area contributed by atoms with Gasteiger partial charge in [0.1, 0.15) is 24.3 Å². The first-order valence-electron chi connectivity index (χ1n) is 10.3. The van der Waals surface area contributed by atoms with Crippen molar-refractivity contribution in [1.29, 1.82) is 5.26 Å². The van der Waals surface area contributed by atoms with Crippen LogP contribution in [0.4, 0.5) is 5.69 Å². The number of non-ortho nitro benzene ring substituents is 1. The van der Waals surface area contributed by atoms with Crippen LogP contribution in [0.2, 0.25) is 5.02 Å². The Hall–Kier alpha value is -4.55. The number of hydrogen-bond donors (Lipinski definition) is 1. The molecule has 0 spiro atoms. The van der Waals surface area contributed by atoms with Crippen molar-refractivity contribution in [3.05, 3.63) is 86.7 Å². The minimum absolute atomic E-state index is 0.0299. The zero-order chi connectivity index (χ0) is 24.9. The Morgan fingerprint density at radius 2 is 2.03 bits per heavy atom. The molecule has 9 nitrogen and oxygen atoms in total. The van der Waals surface area contributed by atoms with Gasteiger partial charge >= 0.3 is 0 Å². The number of imidazole rings is 1. The number of halogens is 1. The number of nitro benzene ring substituents is 1. The van der Waals surface area contributed by atoms with E-state index in [0.29, 0.717) is 39.5 Å². The van der Waals surface area contributed by atoms with E-state index in [1.54, 1.807) is 55.7 Å². The van der Waals surface area contributed by atoms with Gasteiger partial charge in [0, 0.05) is 18.2 Å². The fourth-order valence-electron chi connectivity index (χ4n) is 3.44. The average molecular weight is 491 g/mol. The number of nitrogens with one attached hydrogen (secondary N) is 1. The average Bonchev–Trinajstić information content (AvgIpc) is 3.29. The Bertz CT molecular complexity index is 1490. The second-order valence-electron chi connectivity index (χ2n) is 7.39. The number of fused-ring (bicyclic) bond motifs is 1. The van der Waals surface area contributed by atoms with Gasteiger partial charge in [0.05, 0.1) is 40.8 Å². The normalized spacial score (nSPS) is 11.2. The number of aromatic nitrogens is 2. The summed E-state index contributed by atoms with van der Waals surface area (Å²) in [5.74, 6) is 1.71. The summed E-state index contributed by atoms with van der Waals surface area (Å²) in [5.41, 5.74) is 2.91. The maximum atomic E-state index is 11.0. The highest BCUT2D eigenvalue weighted by Gasteiger charge is 2.15. The number of nitriles is 1. The molecule has 1 N–H and O–H groups in total. The summed E-state index contributed by atoms with van der Waals surface area (Å²) < 4.78 is 16.5. The van der Waals surface area contributed by atoms with Crippen LogP contribution in [-0.4, -0.2) is 29.1 Å². The standard InChI is InChI=1S/C25H19ClN4O5/c1-33-19-6-7-21-22(12-19)29-25(28-21)17(13-27)8-16-10-20(26)24(23(11-16)34-2)35-14-15-4-3-5-18(9-15)30(31)32/h3-12H,14H2,1-2H3,(H,28,29)/b17-8-. The molecule has 0 aliphatic carbocycles. The lowest BCUT2D eigenvalue weighted by Crippen LogP contribution is -2.00. The molecule has 1 heterocycles. The van der Waals surface area contributed by atoms with E-state index in [4.69, 9.17) is 25.8 Å². The molecule has 0 bridgehead atoms. The Balaban J connectivity index is 1.62. The van der Waals surface area contributed by atoms with E-state index < -0.39 is 4.92 Å². The van der Waals surface area contributed by atoms with E-state index in [-0.39, 0.29) is 23.1 Å². The summed E-state index contributed by atoms with van der Waals surface area (Å²) in [5, 5.41) is 21.0. The van der Waals surface area contributed by atoms with Crippen LogP contribution in [0.5, 0.6) is 17.2 Å². The van der Waals surface area contributed by atoms with E-state index in [1.165, 1.54) is 19.2 Å². The lowest BCUT2D eigenvalue weighted by atomic mass is 10.1. The lowest BCUT2D eigenvalue weighted by molar-refractivity contribution is -0.384. The summed E-state index contributed by atoms with van der Waals surface area (Å²) in [6.45, 7) is 0.0544. The maximum Gasteiger partial charge on any atom is 0.269 e. The Morgan fingerprint density at radius 1 is 1.20 bits per heavy atom. The van der Waals surface area contributed by atoms with Gasteiger partial charge in [-0.1, -0.05) is 23.7 Å². The molecule has 4 aromatic rings. The molecular weight excluding hydrogens is 472 g/mol. The molecule has 10 heteroatoms. The van der Waals surface area contributed by atoms with E-state index in [2.05, 4.69) is 16.0 Å². The fraction of sp³-hybridized carbons (Fsp3) is 0.120. The van der Waals surface area contributed by atoms with Gasteiger partial charge in [-0.2, -0.15) is 5.26 Å². The topological polar surface area (TPSA) is 123 Å². The number of aromatic amines is 1. The molecule has 0 atom stereocenters. The molecule has 0 unspecified atom stereocenters. The zero-order valence-corrected chi connectivity index (χ0v) is 19.5. The Morgan fingerprint density at radius 3 is 2.74 bits per heavy atom. The number of ether oxygens (including phenoxy) is 3. The number of methoxy groups -OCH3 is 2. The quantitative estimate of drug-likeness (QED) is 0.188. The number of benzene rings is 3. The number of hydrogen-bond acceptors (Lipinski definition) is 7. The number of nitro groups is 1. The van der Waals surface area contributed by atoms with Crippen molar-refractivity contribution in [1.82, 2.24) is 9.97 Å². The minimum Gasteiger partial charge on any atom is -0.497 e. The van der Waals surface area contributed by atoms with Crippen LogP contribution < -0.4 is 14.2 Å². The summed E-state index contributed by atoms with van der Waals surface area (Å²) >= 11 is 6.47. The summed E-state index contributed by atoms with van der Waals surface area (Å²) in [4.78, 5) is 18.1. The molecule has 1 aromatic heterocycles. The zero-order valence-electron chi connectivity index (χ0n) is 18.7. The Kier molecular flexibility index (Phi) is 6.85. The van der Waals surface area contributed by atoms with Gasteiger partial charge in [0.2, 0.25) is 0 Å². The second kappa shape index (κ2) is 10.2. The van der Waals surface area contributed by atoms with Crippen molar-refractivity contribution >= 4 is 40.0 Å². The number of H-pyrrole nitrogens is 1. The van der Waals surface area contributed by atoms with Crippen LogP contribution in [0.25, 0.3) is 22.7 Å². The van der Waals surface area contributed by atoms with Crippen molar-refractivity contribution in [2.45, 2.75) is 6.61 Å². The molecule has 0 fully saturated rings. The highest BCUT2D eigenvalue weighted by molar-refractivity contribution is 6.32. The van der Waals surface area contributed by atoms with E-state index in [1.807, 2.05) is 0 Å². The number of nitrogens with zero attached hydrogens (tertiary/aromatic N) is 3. The fourth-order valence-corrected chi connectivity index (χ4v) is 3.72. The molecule has 0 amide bonds. The molecule has 0 aliphatic heterocycles. The van der Waals surface area contributed by atoms with Crippen LogP contribution in [0.15, 0.2) is 54.6 Å². The first-order valence-corrected chi connectivity index (χ1v) is 10.7. The van der Waals surface area contributed by atoms with Crippen molar-refractivity contribution in [2.75, 3.05) is 14.2 Å². The van der Waals surface area contributed by atoms with Crippen LogP contribution in [0.3, 0.4) is 0 Å². The molecule has 4 rings (SSSR count). The van der Waals surface area contributed by atoms with E-state index >= 15 is 0 Å². The Labute approximate surface area is 205 Å². The smallest absolute Gasteiger partial charge is 0.269 e. The van der Waals surface area contributed by atoms with E-state index in [0.717, 1.165) is 5.52 Å². The summed E-state index contributed by atoms with van der Waals surface area (Å²) in [7, 11) is 3.05. The lowest BCUT2D eigenvalue weighted by Gasteiger charge is -2.13. The first-order chi connectivity index (χ1) is 16.9. The van der Waals surface area contributed by atoms with Gasteiger partial charge in [-0.15, -0.1) is 0 Å². The van der Waals surface area contributed by atoms with Crippen molar-refractivity contribution in [3.8, 4) is 23.3 Å². The predicted octanol–water partition coefficient (Wildman–Crippen LogP) is 5.78. The van der Waals surface area contributed by atoms with Gasteiger partial charge < -0.3 is 19.2 Å². The molecule has 0 aliphatic rings. The molecule has 0 radical (unpaired) electrons. The molecular formula is C25H19ClN4O5. The number of rotatable bonds is 8. The van der Waals surface area contributed by atoms with Crippen molar-refractivity contribution in [2.24, 2.45) is 0 Å². The van der Waals surface area contributed by atoms with Crippen LogP contribution >= 0.6 is 11.6 Å². The SMILES string of the molecule is COc1ccc2nc(/C(C#N)=C\c3cc(Cl)c(OCc4cccc([N+](=O)[O-])c4)c(OC)c3)[nH]c2c1. The third-order valence-electron chi connectivity index (χ3n) is 5.13. The highest BCUT2D eigenvalue weighted by Crippen LogP contribution is 2.38. The second-order valence-corrected chi connectivity index (χ2v) is 7.80. The maximum absolute atomic E-state index is 11.0. The molecule has 3 aromatic carbocycles. The van der Waals surface area contributed by atoms with Crippen LogP contribution in [0.1, 0.15) is 17.0 Å². The minimum atomic E-state index is -0.469. The summed E-state index contributed by atoms with van der Waals surface area (Å²) in [6, 6.07) is 17.0. The highest BCUT2D eigenvalue weighted by atomic mass is 35.5. The third-order valence-corrected chi connectivity index (χ3v) is 5.41.